The molecular formula is C21H25ClF2N4O2. The third-order valence-corrected chi connectivity index (χ3v) is 6.28. The standard InChI is InChI=1S/C21H24F2N4O2.ClH/c22-21(23)12-17(24-14-21)19(28)26-9-7-20(8-10-26)18-15(6-11-29-20)13-27(25-18)16-4-2-1-3-5-16;/h1-5,13,17,24H,6-12,14H2;1H/t17-;/m0./s1. The molecule has 1 atom stereocenters. The summed E-state index contributed by atoms with van der Waals surface area (Å²) >= 11 is 0. The molecule has 3 aliphatic rings. The van der Waals surface area contributed by atoms with Gasteiger partial charge in [0.15, 0.2) is 0 Å². The van der Waals surface area contributed by atoms with Gasteiger partial charge in [0, 0.05) is 25.7 Å². The number of fused-ring (bicyclic) bond motifs is 2. The molecule has 1 spiro atoms. The highest BCUT2D eigenvalue weighted by Crippen LogP contribution is 2.41. The van der Waals surface area contributed by atoms with Crippen molar-refractivity contribution < 1.29 is 18.3 Å². The summed E-state index contributed by atoms with van der Waals surface area (Å²) < 4.78 is 35.0. The Morgan fingerprint density at radius 2 is 1.93 bits per heavy atom. The number of nitrogens with one attached hydrogen (secondary N) is 1. The quantitative estimate of drug-likeness (QED) is 0.783. The lowest BCUT2D eigenvalue weighted by atomic mass is 9.83. The van der Waals surface area contributed by atoms with Gasteiger partial charge in [-0.1, -0.05) is 18.2 Å². The molecule has 1 N–H and O–H groups in total. The van der Waals surface area contributed by atoms with Crippen molar-refractivity contribution in [3.8, 4) is 5.69 Å². The largest absolute Gasteiger partial charge is 0.368 e. The first-order valence-electron chi connectivity index (χ1n) is 10.1. The van der Waals surface area contributed by atoms with E-state index in [1.165, 1.54) is 5.56 Å². The predicted molar refractivity (Wildman–Crippen MR) is 109 cm³/mol. The third kappa shape index (κ3) is 3.72. The van der Waals surface area contributed by atoms with Gasteiger partial charge >= 0.3 is 0 Å². The summed E-state index contributed by atoms with van der Waals surface area (Å²) in [6, 6.07) is 9.16. The molecule has 1 aromatic carbocycles. The van der Waals surface area contributed by atoms with E-state index in [0.717, 1.165) is 17.8 Å². The second kappa shape index (κ2) is 7.90. The van der Waals surface area contributed by atoms with Crippen LogP contribution in [0, 0.1) is 0 Å². The van der Waals surface area contributed by atoms with Crippen molar-refractivity contribution in [1.82, 2.24) is 20.0 Å². The van der Waals surface area contributed by atoms with Gasteiger partial charge in [0.25, 0.3) is 5.92 Å². The number of piperidine rings is 1. The molecule has 0 bridgehead atoms. The Labute approximate surface area is 180 Å². The Morgan fingerprint density at radius 1 is 1.20 bits per heavy atom. The summed E-state index contributed by atoms with van der Waals surface area (Å²) in [5.74, 6) is -3.04. The maximum atomic E-state index is 13.5. The second-order valence-corrected chi connectivity index (χ2v) is 8.19. The molecule has 2 aromatic rings. The molecule has 5 rings (SSSR count). The van der Waals surface area contributed by atoms with Gasteiger partial charge < -0.3 is 9.64 Å². The Hall–Kier alpha value is -2.03. The highest BCUT2D eigenvalue weighted by molar-refractivity contribution is 5.85. The number of nitrogens with zero attached hydrogens (tertiary/aromatic N) is 3. The number of halogens is 3. The Kier molecular flexibility index (Phi) is 5.59. The minimum atomic E-state index is -2.80. The van der Waals surface area contributed by atoms with E-state index in [4.69, 9.17) is 9.84 Å². The van der Waals surface area contributed by atoms with Crippen LogP contribution in [0.4, 0.5) is 8.78 Å². The van der Waals surface area contributed by atoms with Gasteiger partial charge in [-0.15, -0.1) is 12.4 Å². The number of carbonyl (C=O) groups excluding carboxylic acids is 1. The number of benzene rings is 1. The summed E-state index contributed by atoms with van der Waals surface area (Å²) in [5.41, 5.74) is 2.62. The Bertz CT molecular complexity index is 913. The maximum absolute atomic E-state index is 13.5. The predicted octanol–water partition coefficient (Wildman–Crippen LogP) is 2.68. The number of para-hydroxylation sites is 1. The van der Waals surface area contributed by atoms with Crippen molar-refractivity contribution >= 4 is 18.3 Å². The van der Waals surface area contributed by atoms with Crippen molar-refractivity contribution in [3.63, 3.8) is 0 Å². The van der Waals surface area contributed by atoms with Crippen LogP contribution in [0.15, 0.2) is 36.5 Å². The van der Waals surface area contributed by atoms with Crippen molar-refractivity contribution in [2.45, 2.75) is 43.2 Å². The van der Waals surface area contributed by atoms with Gasteiger partial charge in [0.1, 0.15) is 5.60 Å². The smallest absolute Gasteiger partial charge is 0.262 e. The number of likely N-dealkylation sites (tertiary alicyclic amines) is 1. The summed E-state index contributed by atoms with van der Waals surface area (Å²) in [7, 11) is 0. The van der Waals surface area contributed by atoms with Crippen LogP contribution in [0.5, 0.6) is 0 Å². The summed E-state index contributed by atoms with van der Waals surface area (Å²) in [4.78, 5) is 14.4. The lowest BCUT2D eigenvalue weighted by Gasteiger charge is -2.43. The highest BCUT2D eigenvalue weighted by Gasteiger charge is 2.47. The van der Waals surface area contributed by atoms with Gasteiger partial charge in [0.05, 0.1) is 30.6 Å². The summed E-state index contributed by atoms with van der Waals surface area (Å²) in [6.45, 7) is 1.17. The first-order chi connectivity index (χ1) is 14.0. The minimum absolute atomic E-state index is 0. The van der Waals surface area contributed by atoms with Crippen LogP contribution in [-0.4, -0.2) is 58.8 Å². The van der Waals surface area contributed by atoms with Gasteiger partial charge in [-0.3, -0.25) is 10.1 Å². The zero-order valence-corrected chi connectivity index (χ0v) is 17.3. The Balaban J connectivity index is 0.00000218. The van der Waals surface area contributed by atoms with E-state index >= 15 is 0 Å². The van der Waals surface area contributed by atoms with Crippen LogP contribution in [0.3, 0.4) is 0 Å². The summed E-state index contributed by atoms with van der Waals surface area (Å²) in [5, 5.41) is 7.51. The third-order valence-electron chi connectivity index (χ3n) is 6.28. The molecule has 162 valence electrons. The minimum Gasteiger partial charge on any atom is -0.368 e. The number of alkyl halides is 2. The van der Waals surface area contributed by atoms with E-state index in [2.05, 4.69) is 11.5 Å². The van der Waals surface area contributed by atoms with E-state index in [1.54, 1.807) is 4.90 Å². The average molecular weight is 439 g/mol. The maximum Gasteiger partial charge on any atom is 0.262 e. The van der Waals surface area contributed by atoms with Gasteiger partial charge in [-0.25, -0.2) is 13.5 Å². The van der Waals surface area contributed by atoms with Crippen LogP contribution in [0.1, 0.15) is 30.5 Å². The van der Waals surface area contributed by atoms with E-state index in [-0.39, 0.29) is 18.3 Å². The number of ether oxygens (including phenoxy) is 1. The molecule has 3 aliphatic heterocycles. The van der Waals surface area contributed by atoms with Crippen molar-refractivity contribution in [1.29, 1.82) is 0 Å². The molecule has 9 heteroatoms. The molecule has 6 nitrogen and oxygen atoms in total. The number of hydrogen-bond donors (Lipinski definition) is 1. The number of carbonyl (C=O) groups is 1. The number of hydrogen-bond acceptors (Lipinski definition) is 4. The lowest BCUT2D eigenvalue weighted by molar-refractivity contribution is -0.143. The molecular weight excluding hydrogens is 414 g/mol. The molecule has 1 amide bonds. The van der Waals surface area contributed by atoms with Crippen molar-refractivity contribution in [2.24, 2.45) is 0 Å². The number of rotatable bonds is 2. The van der Waals surface area contributed by atoms with Gasteiger partial charge in [-0.2, -0.15) is 5.10 Å². The fourth-order valence-corrected chi connectivity index (χ4v) is 4.69. The normalized spacial score (nSPS) is 24.3. The zero-order valence-electron chi connectivity index (χ0n) is 16.5. The van der Waals surface area contributed by atoms with Crippen LogP contribution < -0.4 is 5.32 Å². The lowest BCUT2D eigenvalue weighted by Crippen LogP contribution is -2.52. The Morgan fingerprint density at radius 3 is 2.60 bits per heavy atom. The van der Waals surface area contributed by atoms with Crippen LogP contribution in [-0.2, 0) is 21.6 Å². The molecule has 1 aromatic heterocycles. The number of aromatic nitrogens is 2. The topological polar surface area (TPSA) is 59.4 Å². The van der Waals surface area contributed by atoms with E-state index in [0.29, 0.717) is 32.5 Å². The second-order valence-electron chi connectivity index (χ2n) is 8.19. The van der Waals surface area contributed by atoms with Crippen molar-refractivity contribution in [2.75, 3.05) is 26.2 Å². The van der Waals surface area contributed by atoms with Crippen LogP contribution in [0.2, 0.25) is 0 Å². The zero-order chi connectivity index (χ0) is 20.1. The van der Waals surface area contributed by atoms with E-state index in [9.17, 15) is 13.6 Å². The molecule has 2 saturated heterocycles. The fourth-order valence-electron chi connectivity index (χ4n) is 4.69. The molecule has 0 unspecified atom stereocenters. The first-order valence-corrected chi connectivity index (χ1v) is 10.1. The van der Waals surface area contributed by atoms with Crippen LogP contribution >= 0.6 is 12.4 Å². The fraction of sp³-hybridized carbons (Fsp3) is 0.524. The molecule has 2 fully saturated rings. The average Bonchev–Trinajstić information content (AvgIpc) is 3.33. The number of amides is 1. The molecule has 0 radical (unpaired) electrons. The summed E-state index contributed by atoms with van der Waals surface area (Å²) in [6.07, 6.45) is 3.71. The van der Waals surface area contributed by atoms with E-state index < -0.39 is 30.5 Å². The molecule has 30 heavy (non-hydrogen) atoms. The van der Waals surface area contributed by atoms with Gasteiger partial charge in [0.2, 0.25) is 5.91 Å². The SMILES string of the molecule is Cl.O=C([C@@H]1CC(F)(F)CN1)N1CCC2(CC1)OCCc1cn(-c3ccccc3)nc12. The highest BCUT2D eigenvalue weighted by atomic mass is 35.5. The molecule has 0 saturated carbocycles. The monoisotopic (exact) mass is 438 g/mol. The molecule has 0 aliphatic carbocycles. The first kappa shape index (κ1) is 21.2. The van der Waals surface area contributed by atoms with Crippen molar-refractivity contribution in [3.05, 3.63) is 47.8 Å². The van der Waals surface area contributed by atoms with Crippen LogP contribution in [0.25, 0.3) is 5.69 Å². The molecule has 4 heterocycles. The van der Waals surface area contributed by atoms with E-state index in [1.807, 2.05) is 35.0 Å². The van der Waals surface area contributed by atoms with Gasteiger partial charge in [-0.05, 0) is 37.0 Å².